The summed E-state index contributed by atoms with van der Waals surface area (Å²) in [5.41, 5.74) is 3.81. The number of amides is 1. The Morgan fingerprint density at radius 2 is 2.07 bits per heavy atom. The average Bonchev–Trinajstić information content (AvgIpc) is 3.37. The lowest BCUT2D eigenvalue weighted by atomic mass is 10.1. The molecule has 0 fully saturated rings. The van der Waals surface area contributed by atoms with Crippen molar-refractivity contribution < 1.29 is 9.21 Å². The molecule has 1 aliphatic rings. The van der Waals surface area contributed by atoms with Crippen LogP contribution in [0.25, 0.3) is 22.4 Å². The van der Waals surface area contributed by atoms with Gasteiger partial charge in [-0.25, -0.2) is 9.78 Å². The molecule has 0 atom stereocenters. The zero-order valence-corrected chi connectivity index (χ0v) is 15.1. The summed E-state index contributed by atoms with van der Waals surface area (Å²) in [6.07, 6.45) is 4.00. The van der Waals surface area contributed by atoms with Crippen molar-refractivity contribution in [1.29, 1.82) is 0 Å². The quantitative estimate of drug-likeness (QED) is 0.595. The standard InChI is InChI=1S/C21H18N4O3/c26-20(13-25-16-7-1-2-8-18(16)28-21(25)27)23-15-6-3-5-14(11-15)17-12-22-19-9-4-10-24(17)19/h1-3,5-8,11-12H,4,9-10,13H2,(H,23,26). The van der Waals surface area contributed by atoms with Crippen LogP contribution in [0, 0.1) is 0 Å². The van der Waals surface area contributed by atoms with Gasteiger partial charge >= 0.3 is 5.76 Å². The van der Waals surface area contributed by atoms with Crippen LogP contribution in [0.15, 0.2) is 63.9 Å². The summed E-state index contributed by atoms with van der Waals surface area (Å²) in [5.74, 6) is 0.278. The molecular formula is C21H18N4O3. The van der Waals surface area contributed by atoms with Crippen LogP contribution in [0.2, 0.25) is 0 Å². The van der Waals surface area contributed by atoms with E-state index in [9.17, 15) is 9.59 Å². The van der Waals surface area contributed by atoms with Crippen LogP contribution in [0.3, 0.4) is 0 Å². The number of aromatic nitrogens is 3. The Bertz CT molecular complexity index is 1250. The second-order valence-corrected chi connectivity index (χ2v) is 6.87. The number of aryl methyl sites for hydroxylation is 1. The molecule has 7 heteroatoms. The molecule has 0 spiro atoms. The number of hydrogen-bond donors (Lipinski definition) is 1. The first-order valence-corrected chi connectivity index (χ1v) is 9.22. The summed E-state index contributed by atoms with van der Waals surface area (Å²) < 4.78 is 8.73. The number of rotatable bonds is 4. The number of nitrogens with zero attached hydrogens (tertiary/aromatic N) is 3. The topological polar surface area (TPSA) is 82.1 Å². The fourth-order valence-corrected chi connectivity index (χ4v) is 3.75. The molecule has 0 aliphatic carbocycles. The third-order valence-corrected chi connectivity index (χ3v) is 5.04. The fraction of sp³-hybridized carbons (Fsp3) is 0.190. The first-order valence-electron chi connectivity index (χ1n) is 9.22. The molecule has 140 valence electrons. The molecule has 1 aliphatic heterocycles. The molecule has 3 heterocycles. The maximum atomic E-state index is 12.5. The van der Waals surface area contributed by atoms with E-state index >= 15 is 0 Å². The summed E-state index contributed by atoms with van der Waals surface area (Å²) in [4.78, 5) is 29.1. The summed E-state index contributed by atoms with van der Waals surface area (Å²) >= 11 is 0. The molecule has 0 unspecified atom stereocenters. The van der Waals surface area contributed by atoms with Crippen LogP contribution in [0.4, 0.5) is 5.69 Å². The van der Waals surface area contributed by atoms with Crippen molar-refractivity contribution >= 4 is 22.7 Å². The summed E-state index contributed by atoms with van der Waals surface area (Å²) in [6.45, 7) is 0.861. The summed E-state index contributed by atoms with van der Waals surface area (Å²) in [5, 5.41) is 2.87. The number of carbonyl (C=O) groups is 1. The van der Waals surface area contributed by atoms with E-state index in [4.69, 9.17) is 4.42 Å². The van der Waals surface area contributed by atoms with Crippen molar-refractivity contribution in [2.24, 2.45) is 0 Å². The predicted octanol–water partition coefficient (Wildman–Crippen LogP) is 3.04. The molecule has 1 amide bonds. The highest BCUT2D eigenvalue weighted by Gasteiger charge is 2.17. The van der Waals surface area contributed by atoms with Crippen LogP contribution in [-0.2, 0) is 24.3 Å². The van der Waals surface area contributed by atoms with Crippen LogP contribution in [-0.4, -0.2) is 20.0 Å². The first kappa shape index (κ1) is 16.6. The van der Waals surface area contributed by atoms with Crippen LogP contribution in [0.5, 0.6) is 0 Å². The zero-order valence-electron chi connectivity index (χ0n) is 15.1. The lowest BCUT2D eigenvalue weighted by molar-refractivity contribution is -0.116. The Labute approximate surface area is 160 Å². The lowest BCUT2D eigenvalue weighted by Gasteiger charge is -2.09. The molecule has 0 saturated carbocycles. The Kier molecular flexibility index (Phi) is 3.86. The minimum absolute atomic E-state index is 0.109. The molecule has 28 heavy (non-hydrogen) atoms. The number of carbonyl (C=O) groups excluding carboxylic acids is 1. The van der Waals surface area contributed by atoms with E-state index in [-0.39, 0.29) is 12.5 Å². The van der Waals surface area contributed by atoms with Gasteiger partial charge in [-0.05, 0) is 30.7 Å². The molecule has 2 aromatic heterocycles. The fourth-order valence-electron chi connectivity index (χ4n) is 3.75. The highest BCUT2D eigenvalue weighted by molar-refractivity contribution is 5.92. The van der Waals surface area contributed by atoms with Gasteiger partial charge in [-0.15, -0.1) is 0 Å². The zero-order chi connectivity index (χ0) is 19.1. The highest BCUT2D eigenvalue weighted by Crippen LogP contribution is 2.27. The number of nitrogens with one attached hydrogen (secondary N) is 1. The van der Waals surface area contributed by atoms with Crippen molar-refractivity contribution in [2.75, 3.05) is 5.32 Å². The van der Waals surface area contributed by atoms with E-state index in [2.05, 4.69) is 14.9 Å². The normalized spacial score (nSPS) is 13.0. The van der Waals surface area contributed by atoms with Crippen molar-refractivity contribution in [2.45, 2.75) is 25.9 Å². The summed E-state index contributed by atoms with van der Waals surface area (Å²) in [6, 6.07) is 14.7. The van der Waals surface area contributed by atoms with Crippen molar-refractivity contribution in [3.63, 3.8) is 0 Å². The minimum Gasteiger partial charge on any atom is -0.408 e. The molecule has 1 N–H and O–H groups in total. The van der Waals surface area contributed by atoms with Crippen LogP contribution < -0.4 is 11.1 Å². The Morgan fingerprint density at radius 3 is 3.00 bits per heavy atom. The average molecular weight is 374 g/mol. The number of anilines is 1. The predicted molar refractivity (Wildman–Crippen MR) is 105 cm³/mol. The number of hydrogen-bond acceptors (Lipinski definition) is 4. The molecular weight excluding hydrogens is 356 g/mol. The molecule has 2 aromatic carbocycles. The second kappa shape index (κ2) is 6.53. The SMILES string of the molecule is O=C(Cn1c(=O)oc2ccccc21)Nc1cccc(-c2cnc3n2CCC3)c1. The van der Waals surface area contributed by atoms with Crippen molar-refractivity contribution in [3.8, 4) is 11.3 Å². The number of imidazole rings is 1. The molecule has 5 rings (SSSR count). The third-order valence-electron chi connectivity index (χ3n) is 5.04. The van der Waals surface area contributed by atoms with Gasteiger partial charge in [0.1, 0.15) is 12.4 Å². The van der Waals surface area contributed by atoms with Gasteiger partial charge in [0.25, 0.3) is 0 Å². The summed E-state index contributed by atoms with van der Waals surface area (Å²) in [7, 11) is 0. The van der Waals surface area contributed by atoms with Gasteiger partial charge < -0.3 is 14.3 Å². The van der Waals surface area contributed by atoms with Crippen LogP contribution in [0.1, 0.15) is 12.2 Å². The first-order chi connectivity index (χ1) is 13.7. The molecule has 4 aromatic rings. The molecule has 0 radical (unpaired) electrons. The van der Waals surface area contributed by atoms with Gasteiger partial charge in [-0.1, -0.05) is 24.3 Å². The second-order valence-electron chi connectivity index (χ2n) is 6.87. The van der Waals surface area contributed by atoms with Crippen molar-refractivity contribution in [1.82, 2.24) is 14.1 Å². The van der Waals surface area contributed by atoms with Crippen LogP contribution >= 0.6 is 0 Å². The van der Waals surface area contributed by atoms with E-state index in [0.29, 0.717) is 16.8 Å². The van der Waals surface area contributed by atoms with Gasteiger partial charge in [-0.3, -0.25) is 9.36 Å². The van der Waals surface area contributed by atoms with Gasteiger partial charge in [0.15, 0.2) is 5.58 Å². The largest absolute Gasteiger partial charge is 0.420 e. The maximum absolute atomic E-state index is 12.5. The number of para-hydroxylation sites is 2. The van der Waals surface area contributed by atoms with Gasteiger partial charge in [0.2, 0.25) is 5.91 Å². The van der Waals surface area contributed by atoms with E-state index in [1.54, 1.807) is 24.3 Å². The van der Waals surface area contributed by atoms with E-state index in [0.717, 1.165) is 36.5 Å². The van der Waals surface area contributed by atoms with Crippen molar-refractivity contribution in [3.05, 3.63) is 71.1 Å². The highest BCUT2D eigenvalue weighted by atomic mass is 16.4. The Morgan fingerprint density at radius 1 is 1.18 bits per heavy atom. The number of fused-ring (bicyclic) bond motifs is 2. The lowest BCUT2D eigenvalue weighted by Crippen LogP contribution is -2.24. The van der Waals surface area contributed by atoms with E-state index < -0.39 is 5.76 Å². The monoisotopic (exact) mass is 374 g/mol. The Hall–Kier alpha value is -3.61. The van der Waals surface area contributed by atoms with Gasteiger partial charge in [-0.2, -0.15) is 0 Å². The maximum Gasteiger partial charge on any atom is 0.420 e. The number of oxazole rings is 1. The Balaban J connectivity index is 1.38. The van der Waals surface area contributed by atoms with E-state index in [1.165, 1.54) is 4.57 Å². The molecule has 7 nitrogen and oxygen atoms in total. The molecule has 0 saturated heterocycles. The molecule has 0 bridgehead atoms. The minimum atomic E-state index is -0.542. The third kappa shape index (κ3) is 2.81. The van der Waals surface area contributed by atoms with Gasteiger partial charge in [0, 0.05) is 24.2 Å². The van der Waals surface area contributed by atoms with Gasteiger partial charge in [0.05, 0.1) is 17.4 Å². The smallest absolute Gasteiger partial charge is 0.408 e. The number of benzene rings is 2. The van der Waals surface area contributed by atoms with E-state index in [1.807, 2.05) is 30.5 Å².